The summed E-state index contributed by atoms with van der Waals surface area (Å²) in [4.78, 5) is 0. The molecule has 1 N–H and O–H groups in total. The van der Waals surface area contributed by atoms with Gasteiger partial charge in [0, 0.05) is 33.4 Å². The Kier molecular flexibility index (Phi) is 6.07. The molecule has 0 unspecified atom stereocenters. The van der Waals surface area contributed by atoms with Gasteiger partial charge in [0.25, 0.3) is 0 Å². The average molecular weight is 361 g/mol. The van der Waals surface area contributed by atoms with E-state index in [0.717, 1.165) is 11.3 Å². The van der Waals surface area contributed by atoms with Gasteiger partial charge in [-0.05, 0) is 36.8 Å². The summed E-state index contributed by atoms with van der Waals surface area (Å²) >= 11 is 18.3. The van der Waals surface area contributed by atoms with E-state index in [9.17, 15) is 0 Å². The van der Waals surface area contributed by atoms with Crippen LogP contribution in [0.2, 0.25) is 15.1 Å². The first-order chi connectivity index (χ1) is 10.5. The number of benzene rings is 2. The molecule has 2 aromatic carbocycles. The second-order valence-electron chi connectivity index (χ2n) is 4.54. The highest BCUT2D eigenvalue weighted by atomic mass is 35.5. The lowest BCUT2D eigenvalue weighted by molar-refractivity contribution is 0.311. The first-order valence-corrected chi connectivity index (χ1v) is 7.86. The van der Waals surface area contributed by atoms with Crippen molar-refractivity contribution in [2.45, 2.75) is 13.5 Å². The maximum Gasteiger partial charge on any atom is 0.162 e. The van der Waals surface area contributed by atoms with E-state index in [2.05, 4.69) is 5.32 Å². The number of ether oxygens (including phenoxy) is 2. The van der Waals surface area contributed by atoms with Crippen LogP contribution >= 0.6 is 34.8 Å². The van der Waals surface area contributed by atoms with Gasteiger partial charge in [0.2, 0.25) is 0 Å². The van der Waals surface area contributed by atoms with E-state index in [-0.39, 0.29) is 0 Å². The van der Waals surface area contributed by atoms with Gasteiger partial charge < -0.3 is 14.8 Å². The van der Waals surface area contributed by atoms with Gasteiger partial charge in [0.15, 0.2) is 11.5 Å². The van der Waals surface area contributed by atoms with E-state index >= 15 is 0 Å². The molecule has 0 heterocycles. The van der Waals surface area contributed by atoms with Crippen molar-refractivity contribution in [3.8, 4) is 11.5 Å². The molecule has 0 aliphatic rings. The monoisotopic (exact) mass is 359 g/mol. The lowest BCUT2D eigenvalue weighted by Gasteiger charge is -2.14. The topological polar surface area (TPSA) is 30.5 Å². The predicted molar refractivity (Wildman–Crippen MR) is 93.0 cm³/mol. The van der Waals surface area contributed by atoms with Crippen LogP contribution in [0.15, 0.2) is 30.3 Å². The van der Waals surface area contributed by atoms with Crippen LogP contribution in [0.5, 0.6) is 11.5 Å². The van der Waals surface area contributed by atoms with Crippen molar-refractivity contribution < 1.29 is 9.47 Å². The predicted octanol–water partition coefficient (Wildman–Crippen LogP) is 5.67. The lowest BCUT2D eigenvalue weighted by Crippen LogP contribution is -2.02. The van der Waals surface area contributed by atoms with Crippen molar-refractivity contribution in [3.05, 3.63) is 51.0 Å². The summed E-state index contributed by atoms with van der Waals surface area (Å²) in [6.45, 7) is 2.97. The Balaban J connectivity index is 2.18. The zero-order chi connectivity index (χ0) is 16.1. The van der Waals surface area contributed by atoms with Gasteiger partial charge in [0.1, 0.15) is 0 Å². The summed E-state index contributed by atoms with van der Waals surface area (Å²) in [5.74, 6) is 1.27. The first kappa shape index (κ1) is 17.1. The summed E-state index contributed by atoms with van der Waals surface area (Å²) in [5.41, 5.74) is 1.71. The van der Waals surface area contributed by atoms with Crippen molar-refractivity contribution >= 4 is 40.5 Å². The summed E-state index contributed by atoms with van der Waals surface area (Å²) in [5, 5.41) is 4.99. The molecule has 0 radical (unpaired) electrons. The zero-order valence-corrected chi connectivity index (χ0v) is 14.5. The molecular weight excluding hydrogens is 345 g/mol. The Hall–Kier alpha value is -1.29. The number of rotatable bonds is 6. The van der Waals surface area contributed by atoms with E-state index in [1.54, 1.807) is 31.4 Å². The van der Waals surface area contributed by atoms with Crippen molar-refractivity contribution in [2.24, 2.45) is 0 Å². The molecule has 0 fully saturated rings. The van der Waals surface area contributed by atoms with Crippen LogP contribution in [0.25, 0.3) is 0 Å². The van der Waals surface area contributed by atoms with Crippen LogP contribution in [-0.4, -0.2) is 13.7 Å². The number of hydrogen-bond donors (Lipinski definition) is 1. The van der Waals surface area contributed by atoms with E-state index in [1.165, 1.54) is 0 Å². The molecule has 3 nitrogen and oxygen atoms in total. The van der Waals surface area contributed by atoms with E-state index < -0.39 is 0 Å². The number of anilines is 1. The molecule has 0 aliphatic carbocycles. The zero-order valence-electron chi connectivity index (χ0n) is 12.3. The Labute approximate surface area is 145 Å². The van der Waals surface area contributed by atoms with Crippen LogP contribution in [0.3, 0.4) is 0 Å². The molecule has 0 saturated carbocycles. The van der Waals surface area contributed by atoms with Crippen molar-refractivity contribution in [1.82, 2.24) is 0 Å². The highest BCUT2D eigenvalue weighted by Crippen LogP contribution is 2.34. The Morgan fingerprint density at radius 3 is 2.23 bits per heavy atom. The Morgan fingerprint density at radius 1 is 0.955 bits per heavy atom. The van der Waals surface area contributed by atoms with Gasteiger partial charge >= 0.3 is 0 Å². The molecule has 22 heavy (non-hydrogen) atoms. The van der Waals surface area contributed by atoms with Crippen LogP contribution in [0.1, 0.15) is 12.5 Å². The molecule has 0 aliphatic heterocycles. The minimum Gasteiger partial charge on any atom is -0.493 e. The molecule has 6 heteroatoms. The summed E-state index contributed by atoms with van der Waals surface area (Å²) in [7, 11) is 1.60. The molecule has 0 spiro atoms. The minimum atomic E-state index is 0.512. The molecule has 0 amide bonds. The normalized spacial score (nSPS) is 10.4. The molecule has 0 aromatic heterocycles. The quantitative estimate of drug-likeness (QED) is 0.720. The third kappa shape index (κ3) is 4.35. The largest absolute Gasteiger partial charge is 0.493 e. The number of halogens is 3. The maximum absolute atomic E-state index is 6.30. The van der Waals surface area contributed by atoms with E-state index in [0.29, 0.717) is 39.7 Å². The van der Waals surface area contributed by atoms with Gasteiger partial charge in [-0.25, -0.2) is 0 Å². The summed E-state index contributed by atoms with van der Waals surface area (Å²) < 4.78 is 10.8. The highest BCUT2D eigenvalue weighted by molar-refractivity contribution is 6.35. The number of nitrogens with one attached hydrogen (secondary N) is 1. The first-order valence-electron chi connectivity index (χ1n) is 6.72. The number of methoxy groups -OCH3 is 1. The lowest BCUT2D eigenvalue weighted by atomic mass is 10.2. The summed E-state index contributed by atoms with van der Waals surface area (Å²) in [6.07, 6.45) is 0. The van der Waals surface area contributed by atoms with Crippen LogP contribution in [0.4, 0.5) is 5.69 Å². The van der Waals surface area contributed by atoms with Crippen molar-refractivity contribution in [2.75, 3.05) is 19.0 Å². The van der Waals surface area contributed by atoms with Crippen LogP contribution in [0, 0.1) is 0 Å². The molecule has 2 rings (SSSR count). The average Bonchev–Trinajstić information content (AvgIpc) is 2.46. The highest BCUT2D eigenvalue weighted by Gasteiger charge is 2.10. The van der Waals surface area contributed by atoms with Crippen molar-refractivity contribution in [3.63, 3.8) is 0 Å². The van der Waals surface area contributed by atoms with Gasteiger partial charge in [-0.1, -0.05) is 34.8 Å². The molecule has 0 bridgehead atoms. The molecule has 118 valence electrons. The fourth-order valence-electron chi connectivity index (χ4n) is 1.99. The third-order valence-electron chi connectivity index (χ3n) is 2.98. The molecule has 2 aromatic rings. The smallest absolute Gasteiger partial charge is 0.162 e. The fourth-order valence-corrected chi connectivity index (χ4v) is 2.74. The van der Waals surface area contributed by atoms with Gasteiger partial charge in [-0.2, -0.15) is 0 Å². The van der Waals surface area contributed by atoms with E-state index in [1.807, 2.05) is 13.0 Å². The second kappa shape index (κ2) is 7.82. The minimum absolute atomic E-state index is 0.512. The van der Waals surface area contributed by atoms with Gasteiger partial charge in [-0.3, -0.25) is 0 Å². The Bertz CT molecular complexity index is 642. The standard InChI is InChI=1S/C16H16Cl3NO2/c1-3-22-16-8-14(19)10(4-15(16)21-2)9-20-13-6-11(17)5-12(18)7-13/h4-8,20H,3,9H2,1-2H3. The van der Waals surface area contributed by atoms with Gasteiger partial charge in [-0.15, -0.1) is 0 Å². The third-order valence-corrected chi connectivity index (χ3v) is 3.77. The molecular formula is C16H16Cl3NO2. The van der Waals surface area contributed by atoms with Gasteiger partial charge in [0.05, 0.1) is 13.7 Å². The van der Waals surface area contributed by atoms with E-state index in [4.69, 9.17) is 44.3 Å². The number of hydrogen-bond acceptors (Lipinski definition) is 3. The maximum atomic E-state index is 6.30. The van der Waals surface area contributed by atoms with Crippen LogP contribution in [-0.2, 0) is 6.54 Å². The molecule has 0 atom stereocenters. The molecule has 0 saturated heterocycles. The summed E-state index contributed by atoms with van der Waals surface area (Å²) in [6, 6.07) is 8.89. The fraction of sp³-hybridized carbons (Fsp3) is 0.250. The van der Waals surface area contributed by atoms with Crippen molar-refractivity contribution in [1.29, 1.82) is 0 Å². The SMILES string of the molecule is CCOc1cc(Cl)c(CNc2cc(Cl)cc(Cl)c2)cc1OC. The van der Waals surface area contributed by atoms with Crippen LogP contribution < -0.4 is 14.8 Å². The second-order valence-corrected chi connectivity index (χ2v) is 5.82. The Morgan fingerprint density at radius 2 is 1.64 bits per heavy atom.